The fraction of sp³-hybridized carbons (Fsp3) is 0.600. The highest BCUT2D eigenvalue weighted by atomic mass is 32.2. The Morgan fingerprint density at radius 1 is 1.27 bits per heavy atom. The predicted octanol–water partition coefficient (Wildman–Crippen LogP) is 1.64. The van der Waals surface area contributed by atoms with E-state index >= 15 is 0 Å². The molecule has 0 aliphatic carbocycles. The quantitative estimate of drug-likeness (QED) is 0.818. The summed E-state index contributed by atoms with van der Waals surface area (Å²) in [5, 5.41) is 0. The molecular formula is C15H24N2O3S2. The number of piperidine rings is 1. The van der Waals surface area contributed by atoms with Crippen molar-refractivity contribution in [2.75, 3.05) is 18.8 Å². The molecule has 0 radical (unpaired) electrons. The number of rotatable bonds is 7. The van der Waals surface area contributed by atoms with Crippen molar-refractivity contribution in [1.82, 2.24) is 9.03 Å². The Balaban J connectivity index is 1.78. The number of nitrogens with one attached hydrogen (secondary N) is 1. The van der Waals surface area contributed by atoms with Gasteiger partial charge in [0.25, 0.3) is 10.2 Å². The first-order chi connectivity index (χ1) is 10.5. The monoisotopic (exact) mass is 344 g/mol. The van der Waals surface area contributed by atoms with Crippen molar-refractivity contribution in [2.24, 2.45) is 0 Å². The first kappa shape index (κ1) is 17.6. The lowest BCUT2D eigenvalue weighted by molar-refractivity contribution is 0.265. The lowest BCUT2D eigenvalue weighted by atomic mass is 10.1. The van der Waals surface area contributed by atoms with Gasteiger partial charge in [-0.15, -0.1) is 0 Å². The summed E-state index contributed by atoms with van der Waals surface area (Å²) in [7, 11) is -4.52. The van der Waals surface area contributed by atoms with Crippen LogP contribution >= 0.6 is 0 Å². The summed E-state index contributed by atoms with van der Waals surface area (Å²) in [5.74, 6) is 0.791. The molecule has 1 heterocycles. The minimum atomic E-state index is -3.45. The van der Waals surface area contributed by atoms with Gasteiger partial charge >= 0.3 is 0 Å². The summed E-state index contributed by atoms with van der Waals surface area (Å²) in [4.78, 5) is 0. The predicted molar refractivity (Wildman–Crippen MR) is 90.1 cm³/mol. The Labute approximate surface area is 135 Å². The molecule has 1 N–H and O–H groups in total. The third kappa shape index (κ3) is 5.15. The molecule has 0 saturated carbocycles. The smallest absolute Gasteiger partial charge is 0.259 e. The Bertz CT molecular complexity index is 590. The van der Waals surface area contributed by atoms with Crippen LogP contribution in [0.15, 0.2) is 30.3 Å². The van der Waals surface area contributed by atoms with Gasteiger partial charge in [0.1, 0.15) is 0 Å². The highest BCUT2D eigenvalue weighted by molar-refractivity contribution is 7.87. The molecule has 124 valence electrons. The van der Waals surface area contributed by atoms with Gasteiger partial charge in [0.05, 0.1) is 0 Å². The van der Waals surface area contributed by atoms with Gasteiger partial charge in [0.15, 0.2) is 0 Å². The van der Waals surface area contributed by atoms with Gasteiger partial charge in [-0.3, -0.25) is 4.21 Å². The highest BCUT2D eigenvalue weighted by Crippen LogP contribution is 2.18. The van der Waals surface area contributed by atoms with Crippen molar-refractivity contribution in [3.05, 3.63) is 35.9 Å². The normalized spacial score (nSPS) is 21.6. The number of hydrogen-bond donors (Lipinski definition) is 1. The number of hydrogen-bond acceptors (Lipinski definition) is 3. The van der Waals surface area contributed by atoms with Gasteiger partial charge in [-0.05, 0) is 25.3 Å². The second-order valence-corrected chi connectivity index (χ2v) is 8.91. The van der Waals surface area contributed by atoms with Crippen LogP contribution in [0, 0.1) is 0 Å². The highest BCUT2D eigenvalue weighted by Gasteiger charge is 2.28. The molecule has 2 atom stereocenters. The van der Waals surface area contributed by atoms with Crippen LogP contribution in [0.4, 0.5) is 0 Å². The van der Waals surface area contributed by atoms with Gasteiger partial charge in [0, 0.05) is 41.4 Å². The van der Waals surface area contributed by atoms with E-state index in [0.29, 0.717) is 18.1 Å². The van der Waals surface area contributed by atoms with E-state index in [1.807, 2.05) is 37.3 Å². The lowest BCUT2D eigenvalue weighted by Gasteiger charge is -2.32. The summed E-state index contributed by atoms with van der Waals surface area (Å²) < 4.78 is 40.6. The average Bonchev–Trinajstić information content (AvgIpc) is 2.48. The summed E-state index contributed by atoms with van der Waals surface area (Å²) in [6.45, 7) is 2.72. The average molecular weight is 345 g/mol. The fourth-order valence-electron chi connectivity index (χ4n) is 2.63. The Morgan fingerprint density at radius 2 is 2.00 bits per heavy atom. The zero-order valence-corrected chi connectivity index (χ0v) is 14.5. The summed E-state index contributed by atoms with van der Waals surface area (Å²) in [5.41, 5.74) is 1.01. The first-order valence-corrected chi connectivity index (χ1v) is 10.6. The van der Waals surface area contributed by atoms with Crippen molar-refractivity contribution in [3.8, 4) is 0 Å². The largest absolute Gasteiger partial charge is 0.279 e. The SMILES string of the molecule is C[C@H]1CCCCN1S(=O)(=O)NCC[S@@](=O)Cc1ccccc1. The molecule has 7 heteroatoms. The van der Waals surface area contributed by atoms with Crippen molar-refractivity contribution < 1.29 is 12.6 Å². The minimum Gasteiger partial charge on any atom is -0.259 e. The van der Waals surface area contributed by atoms with Crippen molar-refractivity contribution >= 4 is 21.0 Å². The molecule has 5 nitrogen and oxygen atoms in total. The third-order valence-corrected chi connectivity index (χ3v) is 6.88. The number of nitrogens with zero attached hydrogens (tertiary/aromatic N) is 1. The molecule has 0 spiro atoms. The maximum Gasteiger partial charge on any atom is 0.279 e. The molecule has 0 aromatic heterocycles. The summed E-state index contributed by atoms with van der Waals surface area (Å²) >= 11 is 0. The Hall–Kier alpha value is -0.760. The van der Waals surface area contributed by atoms with Crippen LogP contribution in [0.2, 0.25) is 0 Å². The Morgan fingerprint density at radius 3 is 2.68 bits per heavy atom. The molecule has 2 rings (SSSR count). The van der Waals surface area contributed by atoms with Gasteiger partial charge in [-0.1, -0.05) is 36.8 Å². The van der Waals surface area contributed by atoms with E-state index in [4.69, 9.17) is 0 Å². The molecule has 22 heavy (non-hydrogen) atoms. The molecule has 0 bridgehead atoms. The zero-order chi connectivity index (χ0) is 16.0. The van der Waals surface area contributed by atoms with E-state index in [2.05, 4.69) is 4.72 Å². The molecule has 0 unspecified atom stereocenters. The van der Waals surface area contributed by atoms with E-state index in [-0.39, 0.29) is 12.6 Å². The van der Waals surface area contributed by atoms with Crippen LogP contribution in [-0.2, 0) is 26.8 Å². The minimum absolute atomic E-state index is 0.0427. The van der Waals surface area contributed by atoms with Crippen LogP contribution in [0.25, 0.3) is 0 Å². The van der Waals surface area contributed by atoms with Gasteiger partial charge < -0.3 is 0 Å². The first-order valence-electron chi connectivity index (χ1n) is 7.64. The van der Waals surface area contributed by atoms with E-state index < -0.39 is 21.0 Å². The van der Waals surface area contributed by atoms with E-state index in [0.717, 1.165) is 24.8 Å². The zero-order valence-electron chi connectivity index (χ0n) is 12.9. The molecule has 1 aromatic carbocycles. The molecule has 1 fully saturated rings. The molecule has 0 amide bonds. The van der Waals surface area contributed by atoms with E-state index in [9.17, 15) is 12.6 Å². The maximum atomic E-state index is 12.3. The topological polar surface area (TPSA) is 66.5 Å². The molecule has 1 aliphatic heterocycles. The standard InChI is InChI=1S/C15H24N2O3S2/c1-14-7-5-6-11-17(14)22(19,20)16-10-12-21(18)13-15-8-3-2-4-9-15/h2-4,8-9,14,16H,5-7,10-13H2,1H3/t14-,21+/m0/s1. The lowest BCUT2D eigenvalue weighted by Crippen LogP contribution is -2.48. The third-order valence-electron chi connectivity index (χ3n) is 3.84. The number of benzene rings is 1. The molecular weight excluding hydrogens is 320 g/mol. The van der Waals surface area contributed by atoms with Crippen LogP contribution in [0.3, 0.4) is 0 Å². The molecule has 1 aliphatic rings. The van der Waals surface area contributed by atoms with Crippen LogP contribution < -0.4 is 4.72 Å². The van der Waals surface area contributed by atoms with Crippen molar-refractivity contribution in [3.63, 3.8) is 0 Å². The van der Waals surface area contributed by atoms with Crippen molar-refractivity contribution in [1.29, 1.82) is 0 Å². The Kier molecular flexibility index (Phi) is 6.55. The van der Waals surface area contributed by atoms with E-state index in [1.165, 1.54) is 4.31 Å². The van der Waals surface area contributed by atoms with Crippen molar-refractivity contribution in [2.45, 2.75) is 38.0 Å². The molecule has 1 aromatic rings. The van der Waals surface area contributed by atoms with Gasteiger partial charge in [-0.2, -0.15) is 12.7 Å². The summed E-state index contributed by atoms with van der Waals surface area (Å²) in [6.07, 6.45) is 2.89. The van der Waals surface area contributed by atoms with Crippen LogP contribution in [-0.4, -0.2) is 41.8 Å². The van der Waals surface area contributed by atoms with Crippen LogP contribution in [0.5, 0.6) is 0 Å². The van der Waals surface area contributed by atoms with Crippen LogP contribution in [0.1, 0.15) is 31.7 Å². The van der Waals surface area contributed by atoms with Gasteiger partial charge in [-0.25, -0.2) is 4.72 Å². The fourth-order valence-corrected chi connectivity index (χ4v) is 5.27. The second-order valence-electron chi connectivity index (χ2n) is 5.63. The van der Waals surface area contributed by atoms with Gasteiger partial charge in [0.2, 0.25) is 0 Å². The summed E-state index contributed by atoms with van der Waals surface area (Å²) in [6, 6.07) is 9.64. The maximum absolute atomic E-state index is 12.3. The van der Waals surface area contributed by atoms with E-state index in [1.54, 1.807) is 0 Å². The second kappa shape index (κ2) is 8.19. The molecule has 1 saturated heterocycles.